The molecular formula is C11H12F2N2O. The van der Waals surface area contributed by atoms with Crippen molar-refractivity contribution in [1.29, 1.82) is 0 Å². The summed E-state index contributed by atoms with van der Waals surface area (Å²) in [5, 5.41) is 9.56. The van der Waals surface area contributed by atoms with E-state index in [0.29, 0.717) is 18.9 Å². The zero-order chi connectivity index (χ0) is 11.4. The summed E-state index contributed by atoms with van der Waals surface area (Å²) < 4.78 is 25.6. The number of hydrogen-bond acceptors (Lipinski definition) is 3. The third kappa shape index (κ3) is 1.34. The highest BCUT2D eigenvalue weighted by Gasteiger charge is 2.62. The second kappa shape index (κ2) is 2.84. The maximum absolute atomic E-state index is 12.8. The van der Waals surface area contributed by atoms with E-state index in [1.807, 2.05) is 4.90 Å². The van der Waals surface area contributed by atoms with Crippen LogP contribution in [0.4, 0.5) is 14.6 Å². The molecule has 0 atom stereocenters. The van der Waals surface area contributed by atoms with Crippen molar-refractivity contribution in [3.05, 3.63) is 18.3 Å². The van der Waals surface area contributed by atoms with Gasteiger partial charge in [-0.1, -0.05) is 0 Å². The van der Waals surface area contributed by atoms with Gasteiger partial charge in [-0.3, -0.25) is 0 Å². The van der Waals surface area contributed by atoms with Gasteiger partial charge in [0, 0.05) is 37.5 Å². The summed E-state index contributed by atoms with van der Waals surface area (Å²) in [7, 11) is 0. The van der Waals surface area contributed by atoms with E-state index < -0.39 is 5.92 Å². The van der Waals surface area contributed by atoms with Crippen molar-refractivity contribution in [2.75, 3.05) is 18.0 Å². The van der Waals surface area contributed by atoms with E-state index in [4.69, 9.17) is 0 Å². The van der Waals surface area contributed by atoms with Gasteiger partial charge in [-0.15, -0.1) is 0 Å². The van der Waals surface area contributed by atoms with Crippen LogP contribution in [0.15, 0.2) is 18.3 Å². The van der Waals surface area contributed by atoms with E-state index in [0.717, 1.165) is 0 Å². The maximum atomic E-state index is 12.8. The van der Waals surface area contributed by atoms with Gasteiger partial charge in [-0.25, -0.2) is 13.8 Å². The minimum absolute atomic E-state index is 0.0237. The van der Waals surface area contributed by atoms with Crippen molar-refractivity contribution >= 4 is 5.82 Å². The molecule has 0 bridgehead atoms. The predicted molar refractivity (Wildman–Crippen MR) is 54.7 cm³/mol. The Hall–Kier alpha value is -1.39. The molecule has 2 heterocycles. The Kier molecular flexibility index (Phi) is 1.74. The number of aromatic nitrogens is 1. The topological polar surface area (TPSA) is 36.4 Å². The lowest BCUT2D eigenvalue weighted by molar-refractivity contribution is -0.170. The number of rotatable bonds is 1. The van der Waals surface area contributed by atoms with Crippen LogP contribution >= 0.6 is 0 Å². The molecule has 1 aliphatic heterocycles. The van der Waals surface area contributed by atoms with Gasteiger partial charge in [-0.05, 0) is 12.1 Å². The van der Waals surface area contributed by atoms with E-state index >= 15 is 0 Å². The molecule has 3 nitrogen and oxygen atoms in total. The Morgan fingerprint density at radius 2 is 2.00 bits per heavy atom. The Labute approximate surface area is 91.7 Å². The smallest absolute Gasteiger partial charge is 0.249 e. The van der Waals surface area contributed by atoms with Crippen molar-refractivity contribution in [1.82, 2.24) is 4.98 Å². The van der Waals surface area contributed by atoms with Gasteiger partial charge in [0.2, 0.25) is 5.92 Å². The van der Waals surface area contributed by atoms with Crippen molar-refractivity contribution in [2.24, 2.45) is 5.41 Å². The molecule has 3 rings (SSSR count). The largest absolute Gasteiger partial charge is 0.504 e. The van der Waals surface area contributed by atoms with Crippen LogP contribution in [0.2, 0.25) is 0 Å². The average molecular weight is 226 g/mol. The molecule has 2 aliphatic rings. The Balaban J connectivity index is 1.69. The number of alkyl halides is 2. The molecule has 1 aliphatic carbocycles. The quantitative estimate of drug-likeness (QED) is 0.795. The lowest BCUT2D eigenvalue weighted by atomic mass is 9.61. The first-order valence-electron chi connectivity index (χ1n) is 5.27. The summed E-state index contributed by atoms with van der Waals surface area (Å²) in [5.74, 6) is -1.86. The molecule has 2 fully saturated rings. The summed E-state index contributed by atoms with van der Waals surface area (Å²) in [5.41, 5.74) is -0.229. The molecule has 1 aromatic heterocycles. The zero-order valence-electron chi connectivity index (χ0n) is 8.66. The summed E-state index contributed by atoms with van der Waals surface area (Å²) in [6.45, 7) is 1.15. The molecule has 1 N–H and O–H groups in total. The van der Waals surface area contributed by atoms with E-state index in [2.05, 4.69) is 4.98 Å². The highest BCUT2D eigenvalue weighted by molar-refractivity contribution is 5.54. The molecule has 0 radical (unpaired) electrons. The fourth-order valence-electron chi connectivity index (χ4n) is 2.81. The molecule has 1 spiro atoms. The fraction of sp³-hybridized carbons (Fsp3) is 0.545. The number of halogens is 2. The van der Waals surface area contributed by atoms with Crippen molar-refractivity contribution in [2.45, 2.75) is 18.8 Å². The first-order valence-corrected chi connectivity index (χ1v) is 5.27. The number of pyridine rings is 1. The van der Waals surface area contributed by atoms with Gasteiger partial charge in [0.05, 0.1) is 0 Å². The first kappa shape index (κ1) is 9.81. The summed E-state index contributed by atoms with van der Waals surface area (Å²) in [6, 6.07) is 3.20. The number of hydrogen-bond donors (Lipinski definition) is 1. The molecule has 0 aromatic carbocycles. The van der Waals surface area contributed by atoms with Crippen LogP contribution in [0.5, 0.6) is 5.75 Å². The Bertz CT molecular complexity index is 420. The van der Waals surface area contributed by atoms with Crippen LogP contribution in [0.3, 0.4) is 0 Å². The van der Waals surface area contributed by atoms with E-state index in [1.54, 1.807) is 18.3 Å². The van der Waals surface area contributed by atoms with Gasteiger partial charge in [0.1, 0.15) is 0 Å². The third-order valence-electron chi connectivity index (χ3n) is 3.39. The fourth-order valence-corrected chi connectivity index (χ4v) is 2.81. The number of nitrogens with zero attached hydrogens (tertiary/aromatic N) is 2. The van der Waals surface area contributed by atoms with Crippen LogP contribution in [0.25, 0.3) is 0 Å². The molecule has 16 heavy (non-hydrogen) atoms. The standard InChI is InChI=1S/C11H12F2N2O/c12-11(13)4-10(5-11)6-15(7-10)9-8(16)2-1-3-14-9/h1-3,16H,4-7H2. The normalized spacial score (nSPS) is 25.0. The molecule has 86 valence electrons. The molecule has 0 amide bonds. The van der Waals surface area contributed by atoms with Crippen LogP contribution in [-0.2, 0) is 0 Å². The average Bonchev–Trinajstić information content (AvgIpc) is 2.11. The number of anilines is 1. The van der Waals surface area contributed by atoms with E-state index in [1.165, 1.54) is 0 Å². The Morgan fingerprint density at radius 1 is 1.31 bits per heavy atom. The lowest BCUT2D eigenvalue weighted by Crippen LogP contribution is -2.66. The van der Waals surface area contributed by atoms with Gasteiger partial charge >= 0.3 is 0 Å². The molecule has 5 heteroatoms. The lowest BCUT2D eigenvalue weighted by Gasteiger charge is -2.58. The summed E-state index contributed by atoms with van der Waals surface area (Å²) in [4.78, 5) is 5.90. The first-order chi connectivity index (χ1) is 7.50. The van der Waals surface area contributed by atoms with Crippen LogP contribution in [0.1, 0.15) is 12.8 Å². The van der Waals surface area contributed by atoms with Gasteiger partial charge < -0.3 is 10.0 Å². The molecule has 0 unspecified atom stereocenters. The minimum atomic E-state index is -2.47. The van der Waals surface area contributed by atoms with E-state index in [9.17, 15) is 13.9 Å². The molecule has 1 aromatic rings. The van der Waals surface area contributed by atoms with Gasteiger partial charge in [0.15, 0.2) is 11.6 Å². The molecular weight excluding hydrogens is 214 g/mol. The van der Waals surface area contributed by atoms with Gasteiger partial charge in [0.25, 0.3) is 0 Å². The SMILES string of the molecule is Oc1cccnc1N1CC2(C1)CC(F)(F)C2. The minimum Gasteiger partial charge on any atom is -0.504 e. The van der Waals surface area contributed by atoms with Crippen molar-refractivity contribution in [3.63, 3.8) is 0 Å². The van der Waals surface area contributed by atoms with Gasteiger partial charge in [-0.2, -0.15) is 0 Å². The number of aromatic hydroxyl groups is 1. The summed E-state index contributed by atoms with van der Waals surface area (Å²) in [6.07, 6.45) is 1.55. The second-order valence-electron chi connectivity index (χ2n) is 4.91. The highest BCUT2D eigenvalue weighted by atomic mass is 19.3. The molecule has 1 saturated heterocycles. The second-order valence-corrected chi connectivity index (χ2v) is 4.91. The summed E-state index contributed by atoms with van der Waals surface area (Å²) >= 11 is 0. The predicted octanol–water partition coefficient (Wildman–Crippen LogP) is 2.02. The third-order valence-corrected chi connectivity index (χ3v) is 3.39. The van der Waals surface area contributed by atoms with Crippen LogP contribution in [-0.4, -0.2) is 29.1 Å². The molecule has 1 saturated carbocycles. The van der Waals surface area contributed by atoms with Crippen LogP contribution < -0.4 is 4.90 Å². The maximum Gasteiger partial charge on any atom is 0.249 e. The van der Waals surface area contributed by atoms with Crippen molar-refractivity contribution < 1.29 is 13.9 Å². The highest BCUT2D eigenvalue weighted by Crippen LogP contribution is 2.57. The van der Waals surface area contributed by atoms with Crippen LogP contribution in [0, 0.1) is 5.41 Å². The Morgan fingerprint density at radius 3 is 2.56 bits per heavy atom. The monoisotopic (exact) mass is 226 g/mol. The van der Waals surface area contributed by atoms with Crippen molar-refractivity contribution in [3.8, 4) is 5.75 Å². The van der Waals surface area contributed by atoms with E-state index in [-0.39, 0.29) is 24.0 Å². The zero-order valence-corrected chi connectivity index (χ0v) is 8.66.